The summed E-state index contributed by atoms with van der Waals surface area (Å²) in [5.74, 6) is 0.947. The molecule has 0 aliphatic carbocycles. The molecule has 1 atom stereocenters. The maximum Gasteiger partial charge on any atom is 0.291 e. The van der Waals surface area contributed by atoms with Gasteiger partial charge >= 0.3 is 0 Å². The van der Waals surface area contributed by atoms with Crippen LogP contribution in [0.4, 0.5) is 0 Å². The van der Waals surface area contributed by atoms with Crippen molar-refractivity contribution in [3.05, 3.63) is 34.0 Å². The Morgan fingerprint density at radius 2 is 2.26 bits per heavy atom. The first-order valence-electron chi connectivity index (χ1n) is 6.31. The van der Waals surface area contributed by atoms with Crippen LogP contribution >= 0.6 is 11.3 Å². The van der Waals surface area contributed by atoms with Crippen LogP contribution in [-0.4, -0.2) is 27.1 Å². The van der Waals surface area contributed by atoms with Crippen molar-refractivity contribution >= 4 is 17.2 Å². The molecule has 2 heterocycles. The number of nitrogens with one attached hydrogen (secondary N) is 2. The third kappa shape index (κ3) is 3.64. The molecule has 0 aliphatic rings. The summed E-state index contributed by atoms with van der Waals surface area (Å²) in [6.07, 6.45) is 0.824. The van der Waals surface area contributed by atoms with Crippen molar-refractivity contribution in [1.29, 1.82) is 0 Å². The molecule has 102 valence electrons. The van der Waals surface area contributed by atoms with Gasteiger partial charge in [-0.1, -0.05) is 19.9 Å². The van der Waals surface area contributed by atoms with Gasteiger partial charge in [-0.2, -0.15) is 0 Å². The van der Waals surface area contributed by atoms with E-state index in [9.17, 15) is 4.79 Å². The van der Waals surface area contributed by atoms with Gasteiger partial charge in [-0.15, -0.1) is 16.4 Å². The van der Waals surface area contributed by atoms with E-state index in [0.29, 0.717) is 0 Å². The van der Waals surface area contributed by atoms with E-state index in [1.807, 2.05) is 32.2 Å². The maximum atomic E-state index is 12.0. The monoisotopic (exact) mass is 278 g/mol. The molecule has 19 heavy (non-hydrogen) atoms. The van der Waals surface area contributed by atoms with Gasteiger partial charge in [-0.25, -0.2) is 4.98 Å². The lowest BCUT2D eigenvalue weighted by Crippen LogP contribution is -2.34. The van der Waals surface area contributed by atoms with Crippen LogP contribution in [-0.2, 0) is 6.42 Å². The summed E-state index contributed by atoms with van der Waals surface area (Å²) in [7, 11) is 0. The first-order valence-corrected chi connectivity index (χ1v) is 7.19. The Morgan fingerprint density at radius 1 is 1.47 bits per heavy atom. The van der Waals surface area contributed by atoms with Gasteiger partial charge in [0.05, 0.1) is 0 Å². The second kappa shape index (κ2) is 5.97. The second-order valence-corrected chi connectivity index (χ2v) is 5.89. The van der Waals surface area contributed by atoms with Crippen molar-refractivity contribution < 1.29 is 4.79 Å². The van der Waals surface area contributed by atoms with E-state index in [0.717, 1.165) is 12.2 Å². The lowest BCUT2D eigenvalue weighted by atomic mass is 10.2. The van der Waals surface area contributed by atoms with Crippen LogP contribution in [0.1, 0.15) is 48.0 Å². The zero-order valence-electron chi connectivity index (χ0n) is 11.3. The minimum atomic E-state index is -0.229. The number of thiophene rings is 1. The van der Waals surface area contributed by atoms with Crippen LogP contribution in [0.5, 0.6) is 0 Å². The quantitative estimate of drug-likeness (QED) is 0.882. The van der Waals surface area contributed by atoms with Crippen molar-refractivity contribution in [1.82, 2.24) is 20.5 Å². The Balaban J connectivity index is 1.92. The number of carbonyl (C=O) groups is 1. The second-order valence-electron chi connectivity index (χ2n) is 4.86. The average molecular weight is 278 g/mol. The Morgan fingerprint density at radius 3 is 2.84 bits per heavy atom. The molecule has 5 nitrogen and oxygen atoms in total. The first-order chi connectivity index (χ1) is 9.06. The van der Waals surface area contributed by atoms with Gasteiger partial charge in [-0.3, -0.25) is 9.89 Å². The standard InChI is InChI=1S/C13H18N4OS/c1-8(2)11-15-12(17-16-11)13(18)14-9(3)7-10-5-4-6-19-10/h4-6,8-9H,7H2,1-3H3,(H,14,18)(H,15,16,17). The molecular formula is C13H18N4OS. The predicted molar refractivity (Wildman–Crippen MR) is 75.4 cm³/mol. The van der Waals surface area contributed by atoms with Gasteiger partial charge in [0.1, 0.15) is 5.82 Å². The van der Waals surface area contributed by atoms with Crippen LogP contribution in [0.15, 0.2) is 17.5 Å². The fourth-order valence-electron chi connectivity index (χ4n) is 1.70. The fourth-order valence-corrected chi connectivity index (χ4v) is 2.54. The molecule has 0 aliphatic heterocycles. The molecule has 0 saturated heterocycles. The van der Waals surface area contributed by atoms with Gasteiger partial charge in [0.15, 0.2) is 0 Å². The van der Waals surface area contributed by atoms with Crippen molar-refractivity contribution in [2.45, 2.75) is 39.2 Å². The smallest absolute Gasteiger partial charge is 0.291 e. The van der Waals surface area contributed by atoms with Crippen LogP contribution in [0.25, 0.3) is 0 Å². The number of hydrogen-bond donors (Lipinski definition) is 2. The van der Waals surface area contributed by atoms with Crippen LogP contribution in [0.3, 0.4) is 0 Å². The van der Waals surface area contributed by atoms with Crippen LogP contribution in [0.2, 0.25) is 0 Å². The predicted octanol–water partition coefficient (Wildman–Crippen LogP) is 2.35. The van der Waals surface area contributed by atoms with Crippen LogP contribution in [0, 0.1) is 0 Å². The minimum Gasteiger partial charge on any atom is -0.346 e. The SMILES string of the molecule is CC(Cc1cccs1)NC(=O)c1n[nH]c(C(C)C)n1. The molecule has 0 aromatic carbocycles. The number of nitrogens with zero attached hydrogens (tertiary/aromatic N) is 2. The van der Waals surface area contributed by atoms with E-state index in [2.05, 4.69) is 26.6 Å². The number of amides is 1. The summed E-state index contributed by atoms with van der Waals surface area (Å²) in [5.41, 5.74) is 0. The minimum absolute atomic E-state index is 0.0622. The largest absolute Gasteiger partial charge is 0.346 e. The first kappa shape index (κ1) is 13.7. The van der Waals surface area contributed by atoms with Gasteiger partial charge in [0.25, 0.3) is 5.91 Å². The lowest BCUT2D eigenvalue weighted by Gasteiger charge is -2.11. The molecule has 1 amide bonds. The van der Waals surface area contributed by atoms with Crippen molar-refractivity contribution in [2.75, 3.05) is 0 Å². The molecule has 0 bridgehead atoms. The highest BCUT2D eigenvalue weighted by Gasteiger charge is 2.16. The van der Waals surface area contributed by atoms with Gasteiger partial charge in [0, 0.05) is 23.3 Å². The summed E-state index contributed by atoms with van der Waals surface area (Å²) in [6, 6.07) is 4.14. The number of rotatable bonds is 5. The molecule has 2 aromatic rings. The normalized spacial score (nSPS) is 12.6. The lowest BCUT2D eigenvalue weighted by molar-refractivity contribution is 0.0930. The molecule has 0 saturated carbocycles. The number of aromatic nitrogens is 3. The van der Waals surface area contributed by atoms with E-state index < -0.39 is 0 Å². The molecular weight excluding hydrogens is 260 g/mol. The highest BCUT2D eigenvalue weighted by Crippen LogP contribution is 2.11. The fraction of sp³-hybridized carbons (Fsp3) is 0.462. The van der Waals surface area contributed by atoms with Crippen LogP contribution < -0.4 is 5.32 Å². The molecule has 0 spiro atoms. The number of aromatic amines is 1. The molecule has 0 fully saturated rings. The van der Waals surface area contributed by atoms with Crippen molar-refractivity contribution in [2.24, 2.45) is 0 Å². The highest BCUT2D eigenvalue weighted by molar-refractivity contribution is 7.09. The van der Waals surface area contributed by atoms with Gasteiger partial charge < -0.3 is 5.32 Å². The Labute approximate surface area is 116 Å². The molecule has 1 unspecified atom stereocenters. The zero-order valence-corrected chi connectivity index (χ0v) is 12.1. The summed E-state index contributed by atoms with van der Waals surface area (Å²) >= 11 is 1.69. The molecule has 0 radical (unpaired) electrons. The zero-order chi connectivity index (χ0) is 13.8. The topological polar surface area (TPSA) is 70.7 Å². The molecule has 2 N–H and O–H groups in total. The Kier molecular flexibility index (Phi) is 4.31. The third-order valence-electron chi connectivity index (χ3n) is 2.72. The number of carbonyl (C=O) groups excluding carboxylic acids is 1. The summed E-state index contributed by atoms with van der Waals surface area (Å²) in [5, 5.41) is 11.7. The van der Waals surface area contributed by atoms with E-state index in [1.165, 1.54) is 4.88 Å². The maximum absolute atomic E-state index is 12.0. The Hall–Kier alpha value is -1.69. The van der Waals surface area contributed by atoms with E-state index in [1.54, 1.807) is 11.3 Å². The molecule has 6 heteroatoms. The Bertz CT molecular complexity index is 533. The van der Waals surface area contributed by atoms with Crippen molar-refractivity contribution in [3.63, 3.8) is 0 Å². The molecule has 2 rings (SSSR count). The molecule has 2 aromatic heterocycles. The number of H-pyrrole nitrogens is 1. The van der Waals surface area contributed by atoms with Gasteiger partial charge in [0.2, 0.25) is 5.82 Å². The average Bonchev–Trinajstić information content (AvgIpc) is 2.98. The third-order valence-corrected chi connectivity index (χ3v) is 3.62. The highest BCUT2D eigenvalue weighted by atomic mass is 32.1. The van der Waals surface area contributed by atoms with E-state index in [4.69, 9.17) is 0 Å². The summed E-state index contributed by atoms with van der Waals surface area (Å²) in [6.45, 7) is 5.98. The number of hydrogen-bond acceptors (Lipinski definition) is 4. The summed E-state index contributed by atoms with van der Waals surface area (Å²) in [4.78, 5) is 17.4. The van der Waals surface area contributed by atoms with Crippen molar-refractivity contribution in [3.8, 4) is 0 Å². The summed E-state index contributed by atoms with van der Waals surface area (Å²) < 4.78 is 0. The van der Waals surface area contributed by atoms with E-state index in [-0.39, 0.29) is 23.7 Å². The van der Waals surface area contributed by atoms with Gasteiger partial charge in [-0.05, 0) is 18.4 Å². The van der Waals surface area contributed by atoms with E-state index >= 15 is 0 Å².